The van der Waals surface area contributed by atoms with Gasteiger partial charge in [0, 0.05) is 16.5 Å². The fourth-order valence-electron chi connectivity index (χ4n) is 6.11. The van der Waals surface area contributed by atoms with E-state index in [-0.39, 0.29) is 56.0 Å². The third-order valence-electron chi connectivity index (χ3n) is 9.10. The first kappa shape index (κ1) is 37.1. The summed E-state index contributed by atoms with van der Waals surface area (Å²) in [5, 5.41) is 21.2. The van der Waals surface area contributed by atoms with Gasteiger partial charge in [-0.1, -0.05) is 57.4 Å². The smallest absolute Gasteiger partial charge is 0.261 e. The molecule has 264 valence electrons. The summed E-state index contributed by atoms with van der Waals surface area (Å²) < 4.78 is 11.5. The maximum Gasteiger partial charge on any atom is 0.261 e. The monoisotopic (exact) mass is 698 g/mol. The highest BCUT2D eigenvalue weighted by Gasteiger charge is 2.38. The summed E-state index contributed by atoms with van der Waals surface area (Å²) in [6, 6.07) is 24.1. The number of β-amino-alcohol motifs (C(OH)–C–C–N with tert-alkyl or cyclic N) is 2. The summed E-state index contributed by atoms with van der Waals surface area (Å²) in [7, 11) is 0. The zero-order valence-electron chi connectivity index (χ0n) is 28.0. The lowest BCUT2D eigenvalue weighted by Gasteiger charge is -2.27. The first-order chi connectivity index (χ1) is 24.4. The Kier molecular flexibility index (Phi) is 10.7. The fourth-order valence-corrected chi connectivity index (χ4v) is 6.11. The van der Waals surface area contributed by atoms with Gasteiger partial charge < -0.3 is 19.7 Å². The van der Waals surface area contributed by atoms with Gasteiger partial charge >= 0.3 is 0 Å². The minimum Gasteiger partial charge on any atom is -0.491 e. The van der Waals surface area contributed by atoms with E-state index < -0.39 is 41.3 Å². The van der Waals surface area contributed by atoms with E-state index in [9.17, 15) is 29.4 Å². The maximum atomic E-state index is 12.8. The van der Waals surface area contributed by atoms with Gasteiger partial charge in [0.25, 0.3) is 23.6 Å². The third kappa shape index (κ3) is 7.17. The molecule has 4 aromatic rings. The number of aliphatic hydroxyl groups is 2. The van der Waals surface area contributed by atoms with Gasteiger partial charge in [0.15, 0.2) is 0 Å². The maximum absolute atomic E-state index is 12.8. The molecular formula is C42H38N2O8. The minimum atomic E-state index is -1.11. The summed E-state index contributed by atoms with van der Waals surface area (Å²) in [4.78, 5) is 53.0. The van der Waals surface area contributed by atoms with Crippen LogP contribution < -0.4 is 9.47 Å². The molecule has 6 rings (SSSR count). The Labute approximate surface area is 302 Å². The van der Waals surface area contributed by atoms with Gasteiger partial charge in [-0.2, -0.15) is 0 Å². The summed E-state index contributed by atoms with van der Waals surface area (Å²) in [6.07, 6.45) is 8.61. The Morgan fingerprint density at radius 2 is 0.942 bits per heavy atom. The van der Waals surface area contributed by atoms with Crippen molar-refractivity contribution >= 4 is 23.6 Å². The molecule has 0 bridgehead atoms. The Balaban J connectivity index is 0.00000523. The second-order valence-electron chi connectivity index (χ2n) is 12.9. The van der Waals surface area contributed by atoms with Crippen LogP contribution in [0, 0.1) is 24.7 Å². The zero-order valence-corrected chi connectivity index (χ0v) is 28.0. The molecule has 0 aromatic heterocycles. The fraction of sp³-hybridized carbons (Fsp3) is 0.238. The number of ether oxygens (including phenoxy) is 2. The van der Waals surface area contributed by atoms with Gasteiger partial charge in [-0.05, 0) is 71.8 Å². The molecule has 2 heterocycles. The molecule has 2 aliphatic rings. The molecule has 2 aliphatic heterocycles. The lowest BCUT2D eigenvalue weighted by molar-refractivity contribution is 0.0449. The molecule has 2 unspecified atom stereocenters. The van der Waals surface area contributed by atoms with Crippen LogP contribution in [0.2, 0.25) is 0 Å². The summed E-state index contributed by atoms with van der Waals surface area (Å²) in [5.41, 5.74) is 3.51. The lowest BCUT2D eigenvalue weighted by atomic mass is 9.78. The average Bonchev–Trinajstić information content (AvgIpc) is 3.52. The normalized spacial score (nSPS) is 14.6. The number of terminal acetylenes is 2. The van der Waals surface area contributed by atoms with Crippen molar-refractivity contribution in [3.8, 4) is 36.2 Å². The van der Waals surface area contributed by atoms with Crippen LogP contribution in [-0.2, 0) is 5.41 Å². The standard InChI is InChI=1S/C41H34N2O8.CH4/c1-5-25-7-17-33-35(19-25)39(48)42(37(33)46)21-29(44)23-50-31-13-9-27(10-14-31)41(3,4)28-11-15-32(16-12-28)51-24-30(45)22-43-38(47)34-18-8-26(6-2)20-36(34)40(43)49;/h1-2,7-20,29-30,44-45H,21-24H2,3-4H3;1H4. The van der Waals surface area contributed by atoms with Gasteiger partial charge in [0.2, 0.25) is 0 Å². The number of benzene rings is 4. The van der Waals surface area contributed by atoms with Gasteiger partial charge in [-0.25, -0.2) is 0 Å². The van der Waals surface area contributed by atoms with Crippen molar-refractivity contribution in [1.29, 1.82) is 0 Å². The van der Waals surface area contributed by atoms with Crippen molar-refractivity contribution in [3.05, 3.63) is 129 Å². The quantitative estimate of drug-likeness (QED) is 0.161. The predicted octanol–water partition coefficient (Wildman–Crippen LogP) is 4.68. The highest BCUT2D eigenvalue weighted by Crippen LogP contribution is 2.34. The van der Waals surface area contributed by atoms with Crippen LogP contribution in [0.4, 0.5) is 0 Å². The number of rotatable bonds is 12. The summed E-state index contributed by atoms with van der Waals surface area (Å²) in [6.45, 7) is 3.43. The molecule has 0 saturated heterocycles. The second-order valence-corrected chi connectivity index (χ2v) is 12.9. The number of carbonyl (C=O) groups is 4. The first-order valence-electron chi connectivity index (χ1n) is 16.2. The summed E-state index contributed by atoms with van der Waals surface area (Å²) in [5.74, 6) is 3.94. The number of amides is 4. The van der Waals surface area contributed by atoms with Crippen LogP contribution in [0.1, 0.15) is 85.0 Å². The number of nitrogens with zero attached hydrogens (tertiary/aromatic N) is 2. The Morgan fingerprint density at radius 1 is 0.596 bits per heavy atom. The minimum absolute atomic E-state index is 0. The number of hydrogen-bond acceptors (Lipinski definition) is 8. The van der Waals surface area contributed by atoms with Crippen LogP contribution in [0.3, 0.4) is 0 Å². The Bertz CT molecular complexity index is 1970. The van der Waals surface area contributed by atoms with E-state index in [0.717, 1.165) is 20.9 Å². The van der Waals surface area contributed by atoms with E-state index in [4.69, 9.17) is 22.3 Å². The van der Waals surface area contributed by atoms with Crippen molar-refractivity contribution < 1.29 is 38.9 Å². The van der Waals surface area contributed by atoms with Crippen LogP contribution in [0.5, 0.6) is 11.5 Å². The van der Waals surface area contributed by atoms with Crippen LogP contribution in [0.25, 0.3) is 0 Å². The number of imide groups is 2. The number of carbonyl (C=O) groups excluding carboxylic acids is 4. The van der Waals surface area contributed by atoms with Crippen molar-refractivity contribution in [1.82, 2.24) is 9.80 Å². The van der Waals surface area contributed by atoms with E-state index in [1.54, 1.807) is 36.4 Å². The van der Waals surface area contributed by atoms with E-state index in [2.05, 4.69) is 25.7 Å². The highest BCUT2D eigenvalue weighted by atomic mass is 16.5. The van der Waals surface area contributed by atoms with Crippen molar-refractivity contribution in [2.24, 2.45) is 0 Å². The molecule has 2 N–H and O–H groups in total. The number of aliphatic hydroxyl groups excluding tert-OH is 2. The molecule has 4 aromatic carbocycles. The molecule has 0 aliphatic carbocycles. The van der Waals surface area contributed by atoms with E-state index >= 15 is 0 Å². The van der Waals surface area contributed by atoms with Gasteiger partial charge in [0.1, 0.15) is 36.9 Å². The van der Waals surface area contributed by atoms with Crippen LogP contribution >= 0.6 is 0 Å². The van der Waals surface area contributed by atoms with Crippen LogP contribution in [-0.4, -0.2) is 82.2 Å². The van der Waals surface area contributed by atoms with E-state index in [1.807, 2.05) is 24.3 Å². The van der Waals surface area contributed by atoms with E-state index in [1.165, 1.54) is 24.3 Å². The van der Waals surface area contributed by atoms with Crippen molar-refractivity contribution in [2.75, 3.05) is 26.3 Å². The zero-order chi connectivity index (χ0) is 36.4. The third-order valence-corrected chi connectivity index (χ3v) is 9.10. The molecule has 0 spiro atoms. The Hall–Kier alpha value is -6.20. The molecule has 0 saturated carbocycles. The van der Waals surface area contributed by atoms with E-state index in [0.29, 0.717) is 22.6 Å². The summed E-state index contributed by atoms with van der Waals surface area (Å²) >= 11 is 0. The SMILES string of the molecule is C.C#Cc1ccc2c(c1)C(=O)N(CC(O)COc1ccc(C(C)(C)c3ccc(OCC(O)CN4C(=O)c5ccc(C#C)cc5C4=O)cc3)cc1)C2=O. The number of hydrogen-bond donors (Lipinski definition) is 2. The molecule has 2 atom stereocenters. The molecule has 10 heteroatoms. The molecule has 0 fully saturated rings. The van der Waals surface area contributed by atoms with Gasteiger partial charge in [-0.15, -0.1) is 12.8 Å². The van der Waals surface area contributed by atoms with Gasteiger partial charge in [0.05, 0.1) is 35.3 Å². The first-order valence-corrected chi connectivity index (χ1v) is 16.2. The van der Waals surface area contributed by atoms with Crippen LogP contribution in [0.15, 0.2) is 84.9 Å². The molecular weight excluding hydrogens is 660 g/mol. The largest absolute Gasteiger partial charge is 0.491 e. The topological polar surface area (TPSA) is 134 Å². The molecule has 10 nitrogen and oxygen atoms in total. The van der Waals surface area contributed by atoms with Crippen molar-refractivity contribution in [3.63, 3.8) is 0 Å². The van der Waals surface area contributed by atoms with Crippen molar-refractivity contribution in [2.45, 2.75) is 38.9 Å². The highest BCUT2D eigenvalue weighted by molar-refractivity contribution is 6.22. The molecule has 4 amide bonds. The Morgan fingerprint density at radius 3 is 1.29 bits per heavy atom. The molecule has 52 heavy (non-hydrogen) atoms. The lowest BCUT2D eigenvalue weighted by Crippen LogP contribution is -2.39. The second kappa shape index (κ2) is 15.0. The van der Waals surface area contributed by atoms with Gasteiger partial charge in [-0.3, -0.25) is 29.0 Å². The predicted molar refractivity (Wildman–Crippen MR) is 194 cm³/mol. The number of fused-ring (bicyclic) bond motifs is 2. The molecule has 0 radical (unpaired) electrons. The average molecular weight is 699 g/mol.